The number of nitrogens with zero attached hydrogens (tertiary/aromatic N) is 2. The number of halogens is 11. The highest BCUT2D eigenvalue weighted by Crippen LogP contribution is 2.36. The molecule has 3 aromatic rings. The zero-order valence-corrected chi connectivity index (χ0v) is 45.2. The predicted octanol–water partition coefficient (Wildman–Crippen LogP) is 10.5. The highest BCUT2D eigenvalue weighted by Gasteiger charge is 2.38. The second kappa shape index (κ2) is 30.2. The van der Waals surface area contributed by atoms with Gasteiger partial charge in [0.25, 0.3) is 9.05 Å². The van der Waals surface area contributed by atoms with Gasteiger partial charge in [-0.1, -0.05) is 37.5 Å². The molecule has 15 nitrogen and oxygen atoms in total. The van der Waals surface area contributed by atoms with Crippen molar-refractivity contribution in [3.05, 3.63) is 89.5 Å². The summed E-state index contributed by atoms with van der Waals surface area (Å²) >= 11 is 0. The van der Waals surface area contributed by atoms with E-state index in [1.807, 2.05) is 0 Å². The van der Waals surface area contributed by atoms with Gasteiger partial charge in [-0.2, -0.15) is 48.1 Å². The molecule has 3 fully saturated rings. The average Bonchev–Trinajstić information content (AvgIpc) is 3.36. The number of carbonyl (C=O) groups excluding carboxylic acids is 2. The minimum Gasteiger partial charge on any atom is -0.481 e. The van der Waals surface area contributed by atoms with Crippen LogP contribution in [0.4, 0.5) is 39.5 Å². The van der Waals surface area contributed by atoms with Gasteiger partial charge in [-0.3, -0.25) is 14.4 Å². The average molecular weight is 1200 g/mol. The zero-order valence-electron chi connectivity index (χ0n) is 41.1. The molecule has 29 heteroatoms. The first-order chi connectivity index (χ1) is 34.8. The van der Waals surface area contributed by atoms with Crippen LogP contribution in [0, 0.1) is 0 Å². The second-order valence-electron chi connectivity index (χ2n) is 17.4. The fraction of sp³-hybridized carbons (Fsp3) is 0.553. The summed E-state index contributed by atoms with van der Waals surface area (Å²) < 4.78 is 197. The summed E-state index contributed by atoms with van der Waals surface area (Å²) in [5.74, 6) is -1.57. The van der Waals surface area contributed by atoms with Crippen LogP contribution in [0.1, 0.15) is 113 Å². The van der Waals surface area contributed by atoms with Crippen molar-refractivity contribution in [1.29, 1.82) is 0 Å². The van der Waals surface area contributed by atoms with E-state index in [1.54, 1.807) is 0 Å². The fourth-order valence-electron chi connectivity index (χ4n) is 8.16. The molecule has 0 bridgehead atoms. The quantitative estimate of drug-likeness (QED) is 0.0875. The Morgan fingerprint density at radius 2 is 0.947 bits per heavy atom. The maximum absolute atomic E-state index is 12.9. The molecular formula is C47H60Cl2F9N3O12S3. The zero-order chi connectivity index (χ0) is 56.4. The third-order valence-electron chi connectivity index (χ3n) is 12.1. The first-order valence-corrected chi connectivity index (χ1v) is 28.6. The summed E-state index contributed by atoms with van der Waals surface area (Å²) in [6, 6.07) is 10.2. The monoisotopic (exact) mass is 1200 g/mol. The van der Waals surface area contributed by atoms with Gasteiger partial charge >= 0.3 is 36.4 Å². The van der Waals surface area contributed by atoms with Gasteiger partial charge in [-0.05, 0) is 119 Å². The number of carboxylic acid groups (broad SMARTS) is 1. The standard InChI is InChI=1S/C16H20F3NO4S.C15H18F3NO4S.C9H17NO2.C7H4ClF3O2S.ClH/c1-24-15(21)9-8-13-6-2-3-10-20(13)25(22,23)14-7-4-5-12(11-14)16(17,18)19;16-15(17,18)11-4-3-6-13(10-11)24(22,23)19-9-2-1-5-12(19)7-8-14(20)21;1-12-9(11)6-5-8-4-2-3-7-10-8;8-14(12,13)6-3-1-2-5(4-6)7(9,10)11;/h4-5,7,11,13H,2-3,6,8-10H2,1H3;3-4,6,10,12H,1-2,5,7-9H2,(H,20,21);8,10H,2-7H2,1H3;1-4H;1H. The highest BCUT2D eigenvalue weighted by molar-refractivity contribution is 8.13. The van der Waals surface area contributed by atoms with Gasteiger partial charge < -0.3 is 19.9 Å². The first-order valence-electron chi connectivity index (χ1n) is 23.4. The number of esters is 2. The van der Waals surface area contributed by atoms with Crippen LogP contribution in [0.25, 0.3) is 0 Å². The van der Waals surface area contributed by atoms with E-state index >= 15 is 0 Å². The molecule has 3 aromatic carbocycles. The van der Waals surface area contributed by atoms with Crippen molar-refractivity contribution in [1.82, 2.24) is 13.9 Å². The number of carbonyl (C=O) groups is 3. The van der Waals surface area contributed by atoms with Gasteiger partial charge in [0.1, 0.15) is 0 Å². The van der Waals surface area contributed by atoms with Crippen LogP contribution in [-0.4, -0.2) is 109 Å². The van der Waals surface area contributed by atoms with Gasteiger partial charge in [0.05, 0.1) is 45.6 Å². The number of aliphatic carboxylic acids is 1. The number of hydrogen-bond acceptors (Lipinski definition) is 12. The van der Waals surface area contributed by atoms with Gasteiger partial charge in [0.2, 0.25) is 20.0 Å². The fourth-order valence-corrected chi connectivity index (χ4v) is 12.5. The molecule has 0 amide bonds. The van der Waals surface area contributed by atoms with E-state index < -0.39 is 98.1 Å². The van der Waals surface area contributed by atoms with Crippen LogP contribution in [0.15, 0.2) is 87.5 Å². The number of alkyl halides is 9. The third kappa shape index (κ3) is 21.9. The number of piperidine rings is 3. The molecule has 76 heavy (non-hydrogen) atoms. The van der Waals surface area contributed by atoms with Crippen LogP contribution in [0.5, 0.6) is 0 Å². The molecule has 2 N–H and O–H groups in total. The molecule has 3 atom stereocenters. The van der Waals surface area contributed by atoms with Crippen molar-refractivity contribution in [3.8, 4) is 0 Å². The number of ether oxygens (including phenoxy) is 2. The van der Waals surface area contributed by atoms with Gasteiger partial charge in [-0.15, -0.1) is 12.4 Å². The lowest BCUT2D eigenvalue weighted by Gasteiger charge is -2.34. The highest BCUT2D eigenvalue weighted by atomic mass is 35.7. The summed E-state index contributed by atoms with van der Waals surface area (Å²) in [4.78, 5) is 31.5. The van der Waals surface area contributed by atoms with Crippen LogP contribution in [0.3, 0.4) is 0 Å². The Hall–Kier alpha value is -4.25. The largest absolute Gasteiger partial charge is 0.481 e. The Kier molecular flexibility index (Phi) is 27.0. The van der Waals surface area contributed by atoms with E-state index in [4.69, 9.17) is 15.8 Å². The maximum atomic E-state index is 12.9. The van der Waals surface area contributed by atoms with E-state index in [1.165, 1.54) is 37.8 Å². The molecular weight excluding hydrogens is 1140 g/mol. The van der Waals surface area contributed by atoms with Crippen LogP contribution < -0.4 is 5.32 Å². The Bertz CT molecular complexity index is 2700. The van der Waals surface area contributed by atoms with Crippen molar-refractivity contribution >= 4 is 70.1 Å². The number of benzene rings is 3. The van der Waals surface area contributed by atoms with Gasteiger partial charge in [0.15, 0.2) is 0 Å². The molecule has 3 aliphatic rings. The number of carboxylic acids is 1. The minimum atomic E-state index is -4.63. The Morgan fingerprint density at radius 1 is 0.579 bits per heavy atom. The maximum Gasteiger partial charge on any atom is 0.416 e. The smallest absolute Gasteiger partial charge is 0.416 e. The molecule has 0 aromatic heterocycles. The van der Waals surface area contributed by atoms with E-state index in [9.17, 15) is 79.2 Å². The van der Waals surface area contributed by atoms with E-state index in [-0.39, 0.29) is 62.0 Å². The lowest BCUT2D eigenvalue weighted by molar-refractivity contribution is -0.141. The molecule has 3 aliphatic heterocycles. The van der Waals surface area contributed by atoms with Crippen LogP contribution in [-0.2, 0) is 71.5 Å². The van der Waals surface area contributed by atoms with Crippen molar-refractivity contribution < 1.29 is 93.7 Å². The lowest BCUT2D eigenvalue weighted by atomic mass is 10.0. The second-order valence-corrected chi connectivity index (χ2v) is 23.7. The lowest BCUT2D eigenvalue weighted by Crippen LogP contribution is -2.43. The number of sulfonamides is 2. The summed E-state index contributed by atoms with van der Waals surface area (Å²) in [6.07, 6.45) is -4.39. The summed E-state index contributed by atoms with van der Waals surface area (Å²) in [5, 5.41) is 12.2. The van der Waals surface area contributed by atoms with Crippen molar-refractivity contribution in [3.63, 3.8) is 0 Å². The van der Waals surface area contributed by atoms with E-state index in [0.717, 1.165) is 84.7 Å². The van der Waals surface area contributed by atoms with Crippen molar-refractivity contribution in [2.24, 2.45) is 0 Å². The first kappa shape index (κ1) is 67.9. The Labute approximate surface area is 446 Å². The normalized spacial score (nSPS) is 18.9. The van der Waals surface area contributed by atoms with E-state index in [0.29, 0.717) is 56.3 Å². The Morgan fingerprint density at radius 3 is 1.30 bits per heavy atom. The molecule has 0 aliphatic carbocycles. The van der Waals surface area contributed by atoms with Crippen LogP contribution >= 0.6 is 23.1 Å². The molecule has 0 spiro atoms. The summed E-state index contributed by atoms with van der Waals surface area (Å²) in [7, 11) is -4.71. The molecule has 6 rings (SSSR count). The predicted molar refractivity (Wildman–Crippen MR) is 263 cm³/mol. The summed E-state index contributed by atoms with van der Waals surface area (Å²) in [5.41, 5.74) is -3.07. The van der Waals surface area contributed by atoms with Gasteiger partial charge in [-0.25, -0.2) is 25.3 Å². The molecule has 0 saturated carbocycles. The van der Waals surface area contributed by atoms with Crippen molar-refractivity contribution in [2.75, 3.05) is 33.9 Å². The third-order valence-corrected chi connectivity index (χ3v) is 17.3. The van der Waals surface area contributed by atoms with E-state index in [2.05, 4.69) is 14.8 Å². The minimum absolute atomic E-state index is 0. The molecule has 3 saturated heterocycles. The Balaban J connectivity index is 0.000000360. The molecule has 3 heterocycles. The number of methoxy groups -OCH3 is 2. The van der Waals surface area contributed by atoms with Crippen LogP contribution in [0.2, 0.25) is 0 Å². The molecule has 3 unspecified atom stereocenters. The summed E-state index contributed by atoms with van der Waals surface area (Å²) in [6.45, 7) is 1.51. The molecule has 0 radical (unpaired) electrons. The number of hydrogen-bond donors (Lipinski definition) is 2. The van der Waals surface area contributed by atoms with Gasteiger partial charge in [0, 0.05) is 61.2 Å². The number of nitrogens with one attached hydrogen (secondary N) is 1. The molecule has 430 valence electrons. The SMILES string of the molecule is COC(=O)CCC1CCCCN1.COC(=O)CCC1CCCCN1S(=O)(=O)c1cccc(C(F)(F)F)c1.Cl.O=C(O)CCC1CCCCN1S(=O)(=O)c1cccc(C(F)(F)F)c1.O=S(=O)(Cl)c1cccc(C(F)(F)F)c1. The van der Waals surface area contributed by atoms with Crippen molar-refractivity contribution in [2.45, 2.75) is 148 Å². The topological polar surface area (TPSA) is 211 Å². The number of rotatable bonds is 14.